The van der Waals surface area contributed by atoms with Gasteiger partial charge in [-0.15, -0.1) is 0 Å². The van der Waals surface area contributed by atoms with Gasteiger partial charge in [-0.2, -0.15) is 0 Å². The topological polar surface area (TPSA) is 61.3 Å². The summed E-state index contributed by atoms with van der Waals surface area (Å²) in [7, 11) is 1.55. The number of carbonyl (C=O) groups excluding carboxylic acids is 1. The van der Waals surface area contributed by atoms with Gasteiger partial charge in [0, 0.05) is 24.9 Å². The molecule has 2 aromatic heterocycles. The summed E-state index contributed by atoms with van der Waals surface area (Å²) >= 11 is 0. The van der Waals surface area contributed by atoms with Gasteiger partial charge in [0.15, 0.2) is 5.69 Å². The molecule has 0 fully saturated rings. The molecular weight excluding hydrogens is 220 g/mol. The SMILES string of the molecule is COCCOC(=O)c1nccc2ncccc12. The number of esters is 1. The van der Waals surface area contributed by atoms with Crippen LogP contribution < -0.4 is 0 Å². The van der Waals surface area contributed by atoms with Crippen LogP contribution in [0.4, 0.5) is 0 Å². The summed E-state index contributed by atoms with van der Waals surface area (Å²) in [6.45, 7) is 0.586. The Kier molecular flexibility index (Phi) is 3.62. The number of hydrogen-bond donors (Lipinski definition) is 0. The molecule has 2 heterocycles. The second kappa shape index (κ2) is 5.36. The Morgan fingerprint density at radius 2 is 2.12 bits per heavy atom. The first-order valence-electron chi connectivity index (χ1n) is 5.18. The molecule has 0 bridgehead atoms. The number of nitrogens with zero attached hydrogens (tertiary/aromatic N) is 2. The van der Waals surface area contributed by atoms with Crippen molar-refractivity contribution in [3.05, 3.63) is 36.3 Å². The van der Waals surface area contributed by atoms with Crippen LogP contribution in [0.1, 0.15) is 10.5 Å². The van der Waals surface area contributed by atoms with Gasteiger partial charge in [-0.05, 0) is 18.2 Å². The summed E-state index contributed by atoms with van der Waals surface area (Å²) in [6.07, 6.45) is 3.21. The number of hydrogen-bond acceptors (Lipinski definition) is 5. The zero-order chi connectivity index (χ0) is 12.1. The number of methoxy groups -OCH3 is 1. The molecule has 0 aliphatic heterocycles. The van der Waals surface area contributed by atoms with Gasteiger partial charge in [0.25, 0.3) is 0 Å². The molecule has 0 radical (unpaired) electrons. The van der Waals surface area contributed by atoms with E-state index in [2.05, 4.69) is 9.97 Å². The summed E-state index contributed by atoms with van der Waals surface area (Å²) < 4.78 is 9.83. The third-order valence-electron chi connectivity index (χ3n) is 2.24. The zero-order valence-electron chi connectivity index (χ0n) is 9.42. The highest BCUT2D eigenvalue weighted by atomic mass is 16.6. The van der Waals surface area contributed by atoms with Gasteiger partial charge in [-0.3, -0.25) is 4.98 Å². The van der Waals surface area contributed by atoms with E-state index in [4.69, 9.17) is 9.47 Å². The number of aromatic nitrogens is 2. The Labute approximate surface area is 98.4 Å². The van der Waals surface area contributed by atoms with Crippen molar-refractivity contribution in [2.24, 2.45) is 0 Å². The van der Waals surface area contributed by atoms with Crippen LogP contribution in [0, 0.1) is 0 Å². The number of rotatable bonds is 4. The van der Waals surface area contributed by atoms with Gasteiger partial charge in [-0.1, -0.05) is 0 Å². The molecule has 0 amide bonds. The lowest BCUT2D eigenvalue weighted by Gasteiger charge is -2.05. The Balaban J connectivity index is 2.26. The predicted octanol–water partition coefficient (Wildman–Crippen LogP) is 1.43. The fraction of sp³-hybridized carbons (Fsp3) is 0.250. The van der Waals surface area contributed by atoms with Crippen LogP contribution in [0.25, 0.3) is 10.9 Å². The maximum atomic E-state index is 11.8. The van der Waals surface area contributed by atoms with E-state index in [9.17, 15) is 4.79 Å². The van der Waals surface area contributed by atoms with E-state index in [0.717, 1.165) is 5.52 Å². The monoisotopic (exact) mass is 232 g/mol. The minimum Gasteiger partial charge on any atom is -0.458 e. The summed E-state index contributed by atoms with van der Waals surface area (Å²) in [5.41, 5.74) is 1.01. The van der Waals surface area contributed by atoms with Crippen molar-refractivity contribution in [2.45, 2.75) is 0 Å². The van der Waals surface area contributed by atoms with Crippen LogP contribution in [-0.4, -0.2) is 36.3 Å². The Bertz CT molecular complexity index is 523. The molecule has 0 aliphatic rings. The number of carbonyl (C=O) groups is 1. The third kappa shape index (κ3) is 2.57. The second-order valence-electron chi connectivity index (χ2n) is 3.36. The van der Waals surface area contributed by atoms with E-state index < -0.39 is 5.97 Å². The molecular formula is C12H12N2O3. The average molecular weight is 232 g/mol. The molecule has 0 N–H and O–H groups in total. The normalized spacial score (nSPS) is 10.4. The molecule has 0 atom stereocenters. The van der Waals surface area contributed by atoms with Gasteiger partial charge in [-0.25, -0.2) is 9.78 Å². The zero-order valence-corrected chi connectivity index (χ0v) is 9.42. The first-order chi connectivity index (χ1) is 8.33. The highest BCUT2D eigenvalue weighted by Crippen LogP contribution is 2.14. The molecule has 2 rings (SSSR count). The smallest absolute Gasteiger partial charge is 0.357 e. The predicted molar refractivity (Wildman–Crippen MR) is 61.7 cm³/mol. The largest absolute Gasteiger partial charge is 0.458 e. The number of ether oxygens (including phenoxy) is 2. The third-order valence-corrected chi connectivity index (χ3v) is 2.24. The number of pyridine rings is 2. The maximum absolute atomic E-state index is 11.8. The molecule has 0 spiro atoms. The summed E-state index contributed by atoms with van der Waals surface area (Å²) in [4.78, 5) is 19.9. The molecule has 0 saturated heterocycles. The van der Waals surface area contributed by atoms with E-state index in [1.165, 1.54) is 0 Å². The summed E-state index contributed by atoms with van der Waals surface area (Å²) in [5, 5.41) is 0.692. The summed E-state index contributed by atoms with van der Waals surface area (Å²) in [6, 6.07) is 5.31. The van der Waals surface area contributed by atoms with Gasteiger partial charge >= 0.3 is 5.97 Å². The lowest BCUT2D eigenvalue weighted by Crippen LogP contribution is -2.11. The fourth-order valence-corrected chi connectivity index (χ4v) is 1.45. The van der Waals surface area contributed by atoms with Crippen LogP contribution in [0.15, 0.2) is 30.6 Å². The molecule has 0 aromatic carbocycles. The van der Waals surface area contributed by atoms with Gasteiger partial charge in [0.05, 0.1) is 12.1 Å². The van der Waals surface area contributed by atoms with Crippen LogP contribution in [0.3, 0.4) is 0 Å². The standard InChI is InChI=1S/C12H12N2O3/c1-16-7-8-17-12(15)11-9-3-2-5-13-10(9)4-6-14-11/h2-6H,7-8H2,1H3. The van der Waals surface area contributed by atoms with Crippen molar-refractivity contribution in [1.29, 1.82) is 0 Å². The highest BCUT2D eigenvalue weighted by Gasteiger charge is 2.12. The van der Waals surface area contributed by atoms with Crippen molar-refractivity contribution in [3.63, 3.8) is 0 Å². The minimum atomic E-state index is -0.458. The molecule has 0 unspecified atom stereocenters. The van der Waals surface area contributed by atoms with Gasteiger partial charge < -0.3 is 9.47 Å². The minimum absolute atomic E-state index is 0.216. The molecule has 17 heavy (non-hydrogen) atoms. The van der Waals surface area contributed by atoms with Crippen LogP contribution in [-0.2, 0) is 9.47 Å². The molecule has 88 valence electrons. The highest BCUT2D eigenvalue weighted by molar-refractivity contribution is 6.01. The second-order valence-corrected chi connectivity index (χ2v) is 3.36. The van der Waals surface area contributed by atoms with E-state index >= 15 is 0 Å². The Morgan fingerprint density at radius 1 is 1.24 bits per heavy atom. The van der Waals surface area contributed by atoms with Crippen molar-refractivity contribution < 1.29 is 14.3 Å². The first-order valence-corrected chi connectivity index (χ1v) is 5.18. The van der Waals surface area contributed by atoms with E-state index in [1.54, 1.807) is 37.7 Å². The lowest BCUT2D eigenvalue weighted by atomic mass is 10.2. The fourth-order valence-electron chi connectivity index (χ4n) is 1.45. The van der Waals surface area contributed by atoms with Crippen LogP contribution in [0.2, 0.25) is 0 Å². The van der Waals surface area contributed by atoms with E-state index in [-0.39, 0.29) is 12.3 Å². The lowest BCUT2D eigenvalue weighted by molar-refractivity contribution is 0.0384. The number of fused-ring (bicyclic) bond motifs is 1. The Hall–Kier alpha value is -2.01. The van der Waals surface area contributed by atoms with Crippen molar-refractivity contribution >= 4 is 16.9 Å². The molecule has 0 saturated carbocycles. The molecule has 2 aromatic rings. The quantitative estimate of drug-likeness (QED) is 0.589. The van der Waals surface area contributed by atoms with E-state index in [0.29, 0.717) is 12.0 Å². The van der Waals surface area contributed by atoms with E-state index in [1.807, 2.05) is 0 Å². The summed E-state index contributed by atoms with van der Waals surface area (Å²) in [5.74, 6) is -0.458. The maximum Gasteiger partial charge on any atom is 0.357 e. The van der Waals surface area contributed by atoms with Crippen LogP contribution >= 0.6 is 0 Å². The van der Waals surface area contributed by atoms with Crippen molar-refractivity contribution in [1.82, 2.24) is 9.97 Å². The van der Waals surface area contributed by atoms with Gasteiger partial charge in [0.1, 0.15) is 6.61 Å². The Morgan fingerprint density at radius 3 is 2.94 bits per heavy atom. The van der Waals surface area contributed by atoms with Crippen molar-refractivity contribution in [3.8, 4) is 0 Å². The van der Waals surface area contributed by atoms with Crippen LogP contribution in [0.5, 0.6) is 0 Å². The first kappa shape index (κ1) is 11.5. The molecule has 0 aliphatic carbocycles. The molecule has 5 heteroatoms. The average Bonchev–Trinajstić information content (AvgIpc) is 2.38. The molecule has 5 nitrogen and oxygen atoms in total. The van der Waals surface area contributed by atoms with Gasteiger partial charge in [0.2, 0.25) is 0 Å². The van der Waals surface area contributed by atoms with Crippen molar-refractivity contribution in [2.75, 3.05) is 20.3 Å².